The van der Waals surface area contributed by atoms with Crippen molar-refractivity contribution < 1.29 is 20.9 Å². The van der Waals surface area contributed by atoms with Crippen molar-refractivity contribution >= 4 is 9.47 Å². The van der Waals surface area contributed by atoms with E-state index in [2.05, 4.69) is 16.4 Å². The molecule has 0 amide bonds. The van der Waals surface area contributed by atoms with Crippen LogP contribution in [0.4, 0.5) is 0 Å². The van der Waals surface area contributed by atoms with E-state index in [9.17, 15) is 10.2 Å². The molecule has 0 spiro atoms. The zero-order valence-electron chi connectivity index (χ0n) is 11.0. The van der Waals surface area contributed by atoms with Crippen molar-refractivity contribution in [2.24, 2.45) is 11.8 Å². The first kappa shape index (κ1) is 14.7. The van der Waals surface area contributed by atoms with Crippen molar-refractivity contribution in [2.45, 2.75) is 70.1 Å². The molecule has 1 aliphatic heterocycles. The lowest BCUT2D eigenvalue weighted by Gasteiger charge is -2.22. The highest BCUT2D eigenvalue weighted by molar-refractivity contribution is 7.09. The molecule has 2 unspecified atom stereocenters. The first-order valence-corrected chi connectivity index (χ1v) is 7.50. The van der Waals surface area contributed by atoms with Gasteiger partial charge < -0.3 is 19.5 Å². The molecule has 2 fully saturated rings. The minimum Gasteiger partial charge on any atom is -0.393 e. The first-order valence-electron chi connectivity index (χ1n) is 7.02. The fourth-order valence-corrected chi connectivity index (χ4v) is 3.78. The van der Waals surface area contributed by atoms with Gasteiger partial charge in [-0.25, -0.2) is 0 Å². The molecule has 108 valence electrons. The summed E-state index contributed by atoms with van der Waals surface area (Å²) in [7, 11) is 2.35. The summed E-state index contributed by atoms with van der Waals surface area (Å²) < 4.78 is 10.8. The normalized spacial score (nSPS) is 41.0. The van der Waals surface area contributed by atoms with Crippen molar-refractivity contribution in [3.05, 3.63) is 0 Å². The number of rotatable bonds is 6. The molecular formula is C13H27O4P. The van der Waals surface area contributed by atoms with Crippen LogP contribution in [0.3, 0.4) is 0 Å². The molecule has 0 bridgehead atoms. The average Bonchev–Trinajstić information content (AvgIpc) is 2.80. The van der Waals surface area contributed by atoms with Crippen LogP contribution < -0.4 is 0 Å². The van der Waals surface area contributed by atoms with Gasteiger partial charge in [-0.05, 0) is 31.1 Å². The first-order chi connectivity index (χ1) is 8.65. The molecule has 18 heavy (non-hydrogen) atoms. The highest BCUT2D eigenvalue weighted by atomic mass is 31.0. The molecular weight excluding hydrogens is 251 g/mol. The summed E-state index contributed by atoms with van der Waals surface area (Å²) in [4.78, 5) is 0. The quantitative estimate of drug-likeness (QED) is 0.731. The highest BCUT2D eigenvalue weighted by Crippen LogP contribution is 2.45. The summed E-state index contributed by atoms with van der Waals surface area (Å²) in [5, 5.41) is 19.6. The third-order valence-electron chi connectivity index (χ3n) is 4.43. The van der Waals surface area contributed by atoms with Crippen LogP contribution in [-0.2, 0) is 9.26 Å². The van der Waals surface area contributed by atoms with Gasteiger partial charge in [-0.2, -0.15) is 0 Å². The van der Waals surface area contributed by atoms with Crippen molar-refractivity contribution in [2.75, 3.05) is 0 Å². The van der Waals surface area contributed by atoms with Gasteiger partial charge >= 0.3 is 0 Å². The molecule has 0 aromatic heterocycles. The van der Waals surface area contributed by atoms with Crippen LogP contribution in [-0.4, -0.2) is 34.8 Å². The van der Waals surface area contributed by atoms with Crippen LogP contribution in [0.15, 0.2) is 0 Å². The molecule has 7 atom stereocenters. The van der Waals surface area contributed by atoms with Gasteiger partial charge in [0.05, 0.1) is 18.3 Å². The summed E-state index contributed by atoms with van der Waals surface area (Å²) in [5.41, 5.74) is 0. The molecule has 2 aliphatic rings. The predicted octanol–water partition coefficient (Wildman–Crippen LogP) is 2.09. The second-order valence-corrected chi connectivity index (χ2v) is 5.89. The van der Waals surface area contributed by atoms with Crippen molar-refractivity contribution in [3.63, 3.8) is 0 Å². The maximum atomic E-state index is 10.1. The number of hydrogen-bond donors (Lipinski definition) is 2. The number of ether oxygens (including phenoxy) is 1. The second-order valence-electron chi connectivity index (χ2n) is 5.62. The van der Waals surface area contributed by atoms with E-state index in [4.69, 9.17) is 9.26 Å². The van der Waals surface area contributed by atoms with E-state index in [-0.39, 0.29) is 25.7 Å². The van der Waals surface area contributed by atoms with Crippen LogP contribution >= 0.6 is 9.47 Å². The number of hydrogen-bond acceptors (Lipinski definition) is 4. The van der Waals surface area contributed by atoms with E-state index in [0.717, 1.165) is 25.7 Å². The van der Waals surface area contributed by atoms with Gasteiger partial charge in [0.1, 0.15) is 0 Å². The minimum atomic E-state index is -0.626. The Balaban J connectivity index is 0.00000180. The second kappa shape index (κ2) is 6.62. The summed E-state index contributed by atoms with van der Waals surface area (Å²) >= 11 is 0. The number of aliphatic hydroxyl groups excluding tert-OH is 2. The molecule has 1 heterocycles. The molecule has 1 aliphatic carbocycles. The molecule has 0 aromatic carbocycles. The van der Waals surface area contributed by atoms with E-state index < -0.39 is 6.29 Å². The van der Waals surface area contributed by atoms with Gasteiger partial charge in [-0.1, -0.05) is 13.3 Å². The number of fused-ring (bicyclic) bond motifs is 1. The number of aliphatic hydroxyl groups is 2. The summed E-state index contributed by atoms with van der Waals surface area (Å²) in [5.74, 6) is 0.577. The van der Waals surface area contributed by atoms with Crippen LogP contribution in [0, 0.1) is 11.8 Å². The van der Waals surface area contributed by atoms with Crippen LogP contribution in [0.25, 0.3) is 0 Å². The Morgan fingerprint density at radius 2 is 2.17 bits per heavy atom. The molecule has 0 radical (unpaired) electrons. The Hall–Kier alpha value is 0.270. The Bertz CT molecular complexity index is 269. The standard InChI is InChI=1S/C13H25O4P.H2/c1-2-3-8(17-18)4-5-9-10-6-13(15)16-12(10)7-11(9)14;/h8-15H,2-7,18H2,1H3;1H/t8-,9+,10+,11+,12-,13?;/m0./s1/i;1+2. The Kier molecular flexibility index (Phi) is 5.40. The monoisotopic (exact) mass is 280 g/mol. The Labute approximate surface area is 113 Å². The van der Waals surface area contributed by atoms with Gasteiger partial charge in [-0.15, -0.1) is 0 Å². The fraction of sp³-hybridized carbons (Fsp3) is 1.00. The van der Waals surface area contributed by atoms with Crippen molar-refractivity contribution in [3.8, 4) is 0 Å². The van der Waals surface area contributed by atoms with Crippen molar-refractivity contribution in [1.29, 1.82) is 0 Å². The molecule has 2 rings (SSSR count). The van der Waals surface area contributed by atoms with Crippen LogP contribution in [0.2, 0.25) is 0 Å². The van der Waals surface area contributed by atoms with E-state index in [1.807, 2.05) is 0 Å². The van der Waals surface area contributed by atoms with Crippen LogP contribution in [0.5, 0.6) is 0 Å². The Morgan fingerprint density at radius 3 is 2.83 bits per heavy atom. The van der Waals surface area contributed by atoms with Gasteiger partial charge in [0.2, 0.25) is 0 Å². The molecule has 1 saturated carbocycles. The molecule has 5 heteroatoms. The topological polar surface area (TPSA) is 58.9 Å². The van der Waals surface area contributed by atoms with E-state index in [1.54, 1.807) is 0 Å². The lowest BCUT2D eigenvalue weighted by atomic mass is 9.87. The summed E-state index contributed by atoms with van der Waals surface area (Å²) in [6, 6.07) is 0. The molecule has 4 nitrogen and oxygen atoms in total. The van der Waals surface area contributed by atoms with Gasteiger partial charge in [0.15, 0.2) is 6.29 Å². The van der Waals surface area contributed by atoms with Crippen molar-refractivity contribution in [1.82, 2.24) is 0 Å². The Morgan fingerprint density at radius 1 is 1.39 bits per heavy atom. The van der Waals surface area contributed by atoms with Crippen LogP contribution in [0.1, 0.15) is 46.9 Å². The molecule has 2 N–H and O–H groups in total. The zero-order chi connectivity index (χ0) is 13.1. The largest absolute Gasteiger partial charge is 0.393 e. The third kappa shape index (κ3) is 3.23. The lowest BCUT2D eigenvalue weighted by molar-refractivity contribution is -0.0951. The SMILES string of the molecule is CCC[C@@H](CC[C@@H]1[C@H]2CC(O)O[C@H]2C[C@H]1O)OP.[3HH]. The van der Waals surface area contributed by atoms with E-state index >= 15 is 0 Å². The highest BCUT2D eigenvalue weighted by Gasteiger charge is 2.48. The van der Waals surface area contributed by atoms with Gasteiger partial charge in [0, 0.05) is 23.7 Å². The molecule has 1 saturated heterocycles. The maximum Gasteiger partial charge on any atom is 0.155 e. The zero-order valence-corrected chi connectivity index (χ0v) is 12.1. The maximum absolute atomic E-state index is 10.1. The van der Waals surface area contributed by atoms with Gasteiger partial charge in [0.25, 0.3) is 0 Å². The molecule has 0 aromatic rings. The summed E-state index contributed by atoms with van der Waals surface area (Å²) in [6.45, 7) is 2.15. The lowest BCUT2D eigenvalue weighted by Crippen LogP contribution is -2.22. The van der Waals surface area contributed by atoms with E-state index in [0.29, 0.717) is 18.8 Å². The third-order valence-corrected chi connectivity index (χ3v) is 4.81. The fourth-order valence-electron chi connectivity index (χ4n) is 3.51. The van der Waals surface area contributed by atoms with E-state index in [1.165, 1.54) is 0 Å². The van der Waals surface area contributed by atoms with Gasteiger partial charge in [-0.3, -0.25) is 0 Å². The smallest absolute Gasteiger partial charge is 0.155 e. The predicted molar refractivity (Wildman–Crippen MR) is 73.9 cm³/mol. The average molecular weight is 280 g/mol. The minimum absolute atomic E-state index is 0. The summed E-state index contributed by atoms with van der Waals surface area (Å²) in [6.07, 6.45) is 4.85.